The molecule has 1 unspecified atom stereocenters. The molecule has 0 spiro atoms. The fraction of sp³-hybridized carbons (Fsp3) is 0.941. The van der Waals surface area contributed by atoms with Crippen molar-refractivity contribution in [1.82, 2.24) is 20.0 Å². The summed E-state index contributed by atoms with van der Waals surface area (Å²) in [4.78, 5) is 12.1. The minimum Gasteiger partial charge on any atom is -0.355 e. The number of likely N-dealkylation sites (N-methyl/N-ethyl adjacent to an activating group) is 1. The van der Waals surface area contributed by atoms with Crippen molar-refractivity contribution in [3.05, 3.63) is 0 Å². The van der Waals surface area contributed by atoms with Crippen molar-refractivity contribution in [2.24, 2.45) is 4.99 Å². The number of aliphatic imine (C=N–C) groups is 1. The van der Waals surface area contributed by atoms with Crippen LogP contribution in [0.2, 0.25) is 0 Å². The highest BCUT2D eigenvalue weighted by Crippen LogP contribution is 2.24. The van der Waals surface area contributed by atoms with Crippen LogP contribution in [-0.4, -0.2) is 86.1 Å². The third-order valence-electron chi connectivity index (χ3n) is 5.50. The van der Waals surface area contributed by atoms with Gasteiger partial charge in [0, 0.05) is 45.3 Å². The minimum absolute atomic E-state index is 0.744. The van der Waals surface area contributed by atoms with Crippen molar-refractivity contribution in [3.63, 3.8) is 0 Å². The van der Waals surface area contributed by atoms with Gasteiger partial charge in [0.05, 0.1) is 0 Å². The Bertz CT molecular complexity index is 373. The van der Waals surface area contributed by atoms with Gasteiger partial charge in [-0.3, -0.25) is 9.89 Å². The molecule has 0 bridgehead atoms. The SMILES string of the molecule is CN=C(NCCN(C)C1CC1)N1CCC(N2CCCCC2)C1. The van der Waals surface area contributed by atoms with Gasteiger partial charge in [0.1, 0.15) is 0 Å². The Morgan fingerprint density at radius 1 is 1.14 bits per heavy atom. The molecule has 0 amide bonds. The smallest absolute Gasteiger partial charge is 0.193 e. The van der Waals surface area contributed by atoms with E-state index in [1.807, 2.05) is 7.05 Å². The lowest BCUT2D eigenvalue weighted by molar-refractivity contribution is 0.168. The molecule has 5 heteroatoms. The summed E-state index contributed by atoms with van der Waals surface area (Å²) in [6.45, 7) is 7.03. The van der Waals surface area contributed by atoms with Crippen molar-refractivity contribution in [2.45, 2.75) is 50.6 Å². The van der Waals surface area contributed by atoms with Crippen molar-refractivity contribution in [2.75, 3.05) is 53.4 Å². The second-order valence-electron chi connectivity index (χ2n) is 7.17. The van der Waals surface area contributed by atoms with Gasteiger partial charge in [0.2, 0.25) is 0 Å². The van der Waals surface area contributed by atoms with Crippen molar-refractivity contribution in [3.8, 4) is 0 Å². The van der Waals surface area contributed by atoms with Crippen LogP contribution in [0.15, 0.2) is 4.99 Å². The Morgan fingerprint density at radius 3 is 2.59 bits per heavy atom. The maximum Gasteiger partial charge on any atom is 0.193 e. The highest BCUT2D eigenvalue weighted by atomic mass is 15.3. The lowest BCUT2D eigenvalue weighted by Crippen LogP contribution is -2.45. The zero-order valence-electron chi connectivity index (χ0n) is 14.4. The highest BCUT2D eigenvalue weighted by molar-refractivity contribution is 5.80. The summed E-state index contributed by atoms with van der Waals surface area (Å²) in [5.74, 6) is 1.10. The highest BCUT2D eigenvalue weighted by Gasteiger charge is 2.30. The first kappa shape index (κ1) is 16.1. The number of hydrogen-bond donors (Lipinski definition) is 1. The summed E-state index contributed by atoms with van der Waals surface area (Å²) in [5, 5.41) is 3.56. The van der Waals surface area contributed by atoms with E-state index in [2.05, 4.69) is 32.1 Å². The molecule has 2 heterocycles. The Kier molecular flexibility index (Phi) is 5.58. The molecule has 2 aliphatic heterocycles. The van der Waals surface area contributed by atoms with Gasteiger partial charge in [0.15, 0.2) is 5.96 Å². The van der Waals surface area contributed by atoms with E-state index in [0.717, 1.165) is 44.2 Å². The van der Waals surface area contributed by atoms with Gasteiger partial charge >= 0.3 is 0 Å². The molecule has 0 aromatic heterocycles. The number of nitrogens with zero attached hydrogens (tertiary/aromatic N) is 4. The van der Waals surface area contributed by atoms with Gasteiger partial charge < -0.3 is 15.1 Å². The minimum atomic E-state index is 0.744. The first-order valence-electron chi connectivity index (χ1n) is 9.18. The van der Waals surface area contributed by atoms with Crippen LogP contribution in [0.5, 0.6) is 0 Å². The number of rotatable bonds is 5. The number of hydrogen-bond acceptors (Lipinski definition) is 3. The van der Waals surface area contributed by atoms with Gasteiger partial charge in [-0.25, -0.2) is 0 Å². The third-order valence-corrected chi connectivity index (χ3v) is 5.50. The monoisotopic (exact) mass is 307 g/mol. The lowest BCUT2D eigenvalue weighted by atomic mass is 10.1. The fourth-order valence-electron chi connectivity index (χ4n) is 3.89. The number of nitrogens with one attached hydrogen (secondary N) is 1. The first-order valence-corrected chi connectivity index (χ1v) is 9.18. The normalized spacial score (nSPS) is 27.7. The summed E-state index contributed by atoms with van der Waals surface area (Å²) >= 11 is 0. The van der Waals surface area contributed by atoms with Crippen LogP contribution >= 0.6 is 0 Å². The van der Waals surface area contributed by atoms with Crippen LogP contribution < -0.4 is 5.32 Å². The van der Waals surface area contributed by atoms with E-state index in [4.69, 9.17) is 0 Å². The zero-order valence-corrected chi connectivity index (χ0v) is 14.4. The Morgan fingerprint density at radius 2 is 1.91 bits per heavy atom. The van der Waals surface area contributed by atoms with E-state index in [0.29, 0.717) is 0 Å². The van der Waals surface area contributed by atoms with Crippen LogP contribution in [0.4, 0.5) is 0 Å². The average molecular weight is 307 g/mol. The molecule has 5 nitrogen and oxygen atoms in total. The molecule has 3 fully saturated rings. The van der Waals surface area contributed by atoms with Crippen LogP contribution in [0.3, 0.4) is 0 Å². The molecule has 0 aromatic rings. The van der Waals surface area contributed by atoms with Gasteiger partial charge in [-0.05, 0) is 52.2 Å². The maximum atomic E-state index is 4.50. The van der Waals surface area contributed by atoms with E-state index < -0.39 is 0 Å². The summed E-state index contributed by atoms with van der Waals surface area (Å²) in [5.41, 5.74) is 0. The molecule has 1 N–H and O–H groups in total. The van der Waals surface area contributed by atoms with E-state index >= 15 is 0 Å². The largest absolute Gasteiger partial charge is 0.355 e. The Labute approximate surface area is 135 Å². The topological polar surface area (TPSA) is 34.1 Å². The molecule has 3 rings (SSSR count). The summed E-state index contributed by atoms with van der Waals surface area (Å²) in [6, 6.07) is 1.59. The first-order chi connectivity index (χ1) is 10.8. The van der Waals surface area contributed by atoms with Crippen LogP contribution in [0, 0.1) is 0 Å². The van der Waals surface area contributed by atoms with Crippen LogP contribution in [0.25, 0.3) is 0 Å². The second kappa shape index (κ2) is 7.64. The van der Waals surface area contributed by atoms with Crippen molar-refractivity contribution < 1.29 is 0 Å². The molecule has 0 aromatic carbocycles. The number of piperidine rings is 1. The number of likely N-dealkylation sites (tertiary alicyclic amines) is 2. The molecule has 3 aliphatic rings. The second-order valence-corrected chi connectivity index (χ2v) is 7.17. The van der Waals surface area contributed by atoms with E-state index in [-0.39, 0.29) is 0 Å². The molecular weight excluding hydrogens is 274 g/mol. The lowest BCUT2D eigenvalue weighted by Gasteiger charge is -2.32. The molecule has 1 atom stereocenters. The van der Waals surface area contributed by atoms with E-state index in [1.165, 1.54) is 51.6 Å². The summed E-state index contributed by atoms with van der Waals surface area (Å²) in [7, 11) is 4.16. The fourth-order valence-corrected chi connectivity index (χ4v) is 3.89. The van der Waals surface area contributed by atoms with E-state index in [1.54, 1.807) is 0 Å². The molecule has 0 radical (unpaired) electrons. The Hall–Kier alpha value is -0.810. The predicted molar refractivity (Wildman–Crippen MR) is 92.4 cm³/mol. The zero-order chi connectivity index (χ0) is 15.4. The Balaban J connectivity index is 1.41. The molecule has 22 heavy (non-hydrogen) atoms. The average Bonchev–Trinajstić information content (AvgIpc) is 3.30. The number of guanidine groups is 1. The molecule has 126 valence electrons. The van der Waals surface area contributed by atoms with Gasteiger partial charge in [-0.1, -0.05) is 6.42 Å². The van der Waals surface area contributed by atoms with Crippen LogP contribution in [0.1, 0.15) is 38.5 Å². The van der Waals surface area contributed by atoms with Gasteiger partial charge in [-0.15, -0.1) is 0 Å². The maximum absolute atomic E-state index is 4.50. The van der Waals surface area contributed by atoms with Gasteiger partial charge in [-0.2, -0.15) is 0 Å². The van der Waals surface area contributed by atoms with Crippen molar-refractivity contribution in [1.29, 1.82) is 0 Å². The summed E-state index contributed by atoms with van der Waals surface area (Å²) in [6.07, 6.45) is 8.25. The predicted octanol–water partition coefficient (Wildman–Crippen LogP) is 1.22. The molecule has 2 saturated heterocycles. The van der Waals surface area contributed by atoms with Crippen molar-refractivity contribution >= 4 is 5.96 Å². The summed E-state index contributed by atoms with van der Waals surface area (Å²) < 4.78 is 0. The molecule has 1 saturated carbocycles. The van der Waals surface area contributed by atoms with E-state index in [9.17, 15) is 0 Å². The standard InChI is InChI=1S/C17H33N5/c1-18-17(19-9-13-20(2)15-6-7-15)22-12-8-16(14-22)21-10-4-3-5-11-21/h15-16H,3-14H2,1-2H3,(H,18,19). The molecular formula is C17H33N5. The third kappa shape index (κ3) is 4.13. The van der Waals surface area contributed by atoms with Crippen LogP contribution in [-0.2, 0) is 0 Å². The molecule has 1 aliphatic carbocycles. The quantitative estimate of drug-likeness (QED) is 0.612. The van der Waals surface area contributed by atoms with Gasteiger partial charge in [0.25, 0.3) is 0 Å².